The summed E-state index contributed by atoms with van der Waals surface area (Å²) in [6.07, 6.45) is 5.86. The second-order valence-corrected chi connectivity index (χ2v) is 1.54. The Morgan fingerprint density at radius 1 is 1.75 bits per heavy atom. The number of carbonyl (C=O) groups excluding carboxylic acids is 1. The van der Waals surface area contributed by atoms with Gasteiger partial charge in [-0.25, -0.2) is 0 Å². The first kappa shape index (κ1) is 7.15. The van der Waals surface area contributed by atoms with E-state index in [1.165, 1.54) is 6.92 Å². The minimum atomic E-state index is 0.0897. The molecule has 0 heterocycles. The van der Waals surface area contributed by atoms with E-state index in [2.05, 4.69) is 6.58 Å². The normalized spacial score (nSPS) is 9.62. The van der Waals surface area contributed by atoms with Crippen LogP contribution in [0, 0.1) is 0 Å². The molecule has 0 N–H and O–H groups in total. The molecule has 0 amide bonds. The average molecular weight is 110 g/mol. The Morgan fingerprint density at radius 2 is 2.38 bits per heavy atom. The van der Waals surface area contributed by atoms with E-state index in [1.807, 2.05) is 0 Å². The molecule has 1 heteroatoms. The third-order valence-electron chi connectivity index (χ3n) is 0.655. The van der Waals surface area contributed by atoms with Gasteiger partial charge >= 0.3 is 0 Å². The van der Waals surface area contributed by atoms with E-state index in [-0.39, 0.29) is 5.78 Å². The van der Waals surface area contributed by atoms with Crippen LogP contribution in [-0.4, -0.2) is 5.78 Å². The fourth-order valence-electron chi connectivity index (χ4n) is 0.330. The summed E-state index contributed by atoms with van der Waals surface area (Å²) in [7, 11) is 0. The maximum Gasteiger partial charge on any atom is 0.152 e. The monoisotopic (exact) mass is 110 g/mol. The van der Waals surface area contributed by atoms with Crippen molar-refractivity contribution in [2.75, 3.05) is 0 Å². The summed E-state index contributed by atoms with van der Waals surface area (Å²) < 4.78 is 0. The van der Waals surface area contributed by atoms with Crippen LogP contribution in [-0.2, 0) is 4.79 Å². The SMILES string of the molecule is C=CCC=CC(C)=O. The van der Waals surface area contributed by atoms with Crippen molar-refractivity contribution in [1.29, 1.82) is 0 Å². The zero-order valence-electron chi connectivity index (χ0n) is 5.05. The van der Waals surface area contributed by atoms with Crippen LogP contribution in [0.4, 0.5) is 0 Å². The Morgan fingerprint density at radius 3 is 2.75 bits per heavy atom. The predicted molar refractivity (Wildman–Crippen MR) is 34.6 cm³/mol. The van der Waals surface area contributed by atoms with Gasteiger partial charge in [0.25, 0.3) is 0 Å². The van der Waals surface area contributed by atoms with Gasteiger partial charge in [0.2, 0.25) is 0 Å². The molecule has 1 nitrogen and oxygen atoms in total. The Bertz CT molecular complexity index is 112. The summed E-state index contributed by atoms with van der Waals surface area (Å²) in [6.45, 7) is 5.02. The van der Waals surface area contributed by atoms with Crippen molar-refractivity contribution in [1.82, 2.24) is 0 Å². The lowest BCUT2D eigenvalue weighted by atomic mass is 10.3. The molecule has 0 spiro atoms. The highest BCUT2D eigenvalue weighted by molar-refractivity contribution is 5.87. The van der Waals surface area contributed by atoms with Crippen LogP contribution < -0.4 is 0 Å². The average Bonchev–Trinajstić information content (AvgIpc) is 1.66. The van der Waals surface area contributed by atoms with E-state index in [1.54, 1.807) is 18.2 Å². The maximum absolute atomic E-state index is 10.2. The van der Waals surface area contributed by atoms with Crippen molar-refractivity contribution in [3.8, 4) is 0 Å². The molecule has 0 unspecified atom stereocenters. The lowest BCUT2D eigenvalue weighted by molar-refractivity contribution is -0.112. The molecule has 0 aliphatic heterocycles. The molecule has 0 rings (SSSR count). The van der Waals surface area contributed by atoms with Crippen LogP contribution in [0.1, 0.15) is 13.3 Å². The van der Waals surface area contributed by atoms with Gasteiger partial charge in [-0.05, 0) is 19.4 Å². The number of ketones is 1. The van der Waals surface area contributed by atoms with Crippen molar-refractivity contribution >= 4 is 5.78 Å². The van der Waals surface area contributed by atoms with E-state index in [4.69, 9.17) is 0 Å². The van der Waals surface area contributed by atoms with Gasteiger partial charge < -0.3 is 0 Å². The molecule has 0 saturated heterocycles. The van der Waals surface area contributed by atoms with E-state index < -0.39 is 0 Å². The maximum atomic E-state index is 10.2. The Labute approximate surface area is 49.7 Å². The highest BCUT2D eigenvalue weighted by Crippen LogP contribution is 1.82. The van der Waals surface area contributed by atoms with Crippen molar-refractivity contribution in [2.45, 2.75) is 13.3 Å². The number of rotatable bonds is 3. The van der Waals surface area contributed by atoms with Gasteiger partial charge in [0.05, 0.1) is 0 Å². The van der Waals surface area contributed by atoms with Crippen LogP contribution in [0.15, 0.2) is 24.8 Å². The fourth-order valence-corrected chi connectivity index (χ4v) is 0.330. The van der Waals surface area contributed by atoms with E-state index in [0.717, 1.165) is 6.42 Å². The van der Waals surface area contributed by atoms with Gasteiger partial charge in [-0.1, -0.05) is 12.2 Å². The zero-order chi connectivity index (χ0) is 6.41. The highest BCUT2D eigenvalue weighted by atomic mass is 16.1. The number of carbonyl (C=O) groups is 1. The molecule has 0 bridgehead atoms. The minimum absolute atomic E-state index is 0.0897. The molecule has 0 aromatic carbocycles. The summed E-state index contributed by atoms with van der Waals surface area (Å²) in [6, 6.07) is 0. The van der Waals surface area contributed by atoms with Gasteiger partial charge in [0, 0.05) is 0 Å². The molecule has 0 aromatic heterocycles. The van der Waals surface area contributed by atoms with Crippen LogP contribution in [0.5, 0.6) is 0 Å². The lowest BCUT2D eigenvalue weighted by Crippen LogP contribution is -1.77. The Hall–Kier alpha value is -0.850. The van der Waals surface area contributed by atoms with Gasteiger partial charge in [-0.15, -0.1) is 6.58 Å². The molecule has 44 valence electrons. The topological polar surface area (TPSA) is 17.1 Å². The molecule has 0 aliphatic rings. The van der Waals surface area contributed by atoms with Crippen LogP contribution in [0.2, 0.25) is 0 Å². The van der Waals surface area contributed by atoms with Gasteiger partial charge in [-0.3, -0.25) is 4.79 Å². The van der Waals surface area contributed by atoms with Crippen molar-refractivity contribution in [2.24, 2.45) is 0 Å². The van der Waals surface area contributed by atoms with Gasteiger partial charge in [0.1, 0.15) is 0 Å². The van der Waals surface area contributed by atoms with Crippen LogP contribution in [0.3, 0.4) is 0 Å². The molecular formula is C7H10O. The summed E-state index contributed by atoms with van der Waals surface area (Å²) in [5.74, 6) is 0.0897. The number of hydrogen-bond acceptors (Lipinski definition) is 1. The molecular weight excluding hydrogens is 100 g/mol. The highest BCUT2D eigenvalue weighted by Gasteiger charge is 1.76. The molecule has 0 aromatic rings. The van der Waals surface area contributed by atoms with E-state index in [9.17, 15) is 4.79 Å². The van der Waals surface area contributed by atoms with Crippen LogP contribution in [0.25, 0.3) is 0 Å². The van der Waals surface area contributed by atoms with Crippen molar-refractivity contribution in [3.63, 3.8) is 0 Å². The minimum Gasteiger partial charge on any atom is -0.295 e. The predicted octanol–water partition coefficient (Wildman–Crippen LogP) is 1.71. The summed E-state index contributed by atoms with van der Waals surface area (Å²) in [5, 5.41) is 0. The molecule has 0 radical (unpaired) electrons. The quantitative estimate of drug-likeness (QED) is 0.399. The Balaban J connectivity index is 3.34. The second kappa shape index (κ2) is 4.31. The third kappa shape index (κ3) is 5.15. The van der Waals surface area contributed by atoms with Crippen molar-refractivity contribution in [3.05, 3.63) is 24.8 Å². The first-order valence-corrected chi connectivity index (χ1v) is 2.55. The molecule has 8 heavy (non-hydrogen) atoms. The first-order chi connectivity index (χ1) is 3.77. The summed E-state index contributed by atoms with van der Waals surface area (Å²) in [5.41, 5.74) is 0. The fraction of sp³-hybridized carbons (Fsp3) is 0.286. The Kier molecular flexibility index (Phi) is 3.85. The zero-order valence-corrected chi connectivity index (χ0v) is 5.05. The number of hydrogen-bond donors (Lipinski definition) is 0. The second-order valence-electron chi connectivity index (χ2n) is 1.54. The smallest absolute Gasteiger partial charge is 0.152 e. The number of allylic oxidation sites excluding steroid dienone is 3. The standard InChI is InChI=1S/C7H10O/c1-3-4-5-6-7(2)8/h3,5-6H,1,4H2,2H3. The van der Waals surface area contributed by atoms with Crippen molar-refractivity contribution < 1.29 is 4.79 Å². The van der Waals surface area contributed by atoms with Gasteiger partial charge in [-0.2, -0.15) is 0 Å². The molecule has 0 fully saturated rings. The van der Waals surface area contributed by atoms with Crippen LogP contribution >= 0.6 is 0 Å². The molecule has 0 aliphatic carbocycles. The largest absolute Gasteiger partial charge is 0.295 e. The third-order valence-corrected chi connectivity index (χ3v) is 0.655. The van der Waals surface area contributed by atoms with E-state index in [0.29, 0.717) is 0 Å². The first-order valence-electron chi connectivity index (χ1n) is 2.55. The lowest BCUT2D eigenvalue weighted by Gasteiger charge is -1.76. The summed E-state index contributed by atoms with van der Waals surface area (Å²) in [4.78, 5) is 10.2. The molecule has 0 atom stereocenters. The summed E-state index contributed by atoms with van der Waals surface area (Å²) >= 11 is 0. The molecule has 0 saturated carbocycles. The van der Waals surface area contributed by atoms with E-state index >= 15 is 0 Å². The van der Waals surface area contributed by atoms with Gasteiger partial charge in [0.15, 0.2) is 5.78 Å².